The molecule has 0 fully saturated rings. The van der Waals surface area contributed by atoms with Crippen molar-refractivity contribution in [3.05, 3.63) is 150 Å². The second kappa shape index (κ2) is 18.0. The number of nitrogens with zero attached hydrogens (tertiary/aromatic N) is 2. The van der Waals surface area contributed by atoms with Crippen molar-refractivity contribution in [2.45, 2.75) is 59.0 Å². The highest BCUT2D eigenvalue weighted by Gasteiger charge is 2.49. The third kappa shape index (κ3) is 9.37. The number of rotatable bonds is 18. The highest BCUT2D eigenvalue weighted by atomic mass is 35.7. The first-order valence-electron chi connectivity index (χ1n) is 17.1. The van der Waals surface area contributed by atoms with Crippen molar-refractivity contribution in [3.63, 3.8) is 0 Å². The summed E-state index contributed by atoms with van der Waals surface area (Å²) in [5.41, 5.74) is 4.37. The van der Waals surface area contributed by atoms with Crippen LogP contribution in [0, 0.1) is 10.2 Å². The third-order valence-electron chi connectivity index (χ3n) is 8.25. The summed E-state index contributed by atoms with van der Waals surface area (Å²) in [6.45, 7) is 12.0. The molecule has 6 nitrogen and oxygen atoms in total. The van der Waals surface area contributed by atoms with E-state index in [2.05, 4.69) is 67.8 Å². The van der Waals surface area contributed by atoms with E-state index in [1.807, 2.05) is 78.9 Å². The van der Waals surface area contributed by atoms with E-state index in [4.69, 9.17) is 4.29 Å². The summed E-state index contributed by atoms with van der Waals surface area (Å²) in [5, 5.41) is 0. The molecule has 1 atom stereocenters. The maximum absolute atomic E-state index is 12.6. The Morgan fingerprint density at radius 1 is 0.625 bits per heavy atom. The fraction of sp³-hybridized carbons (Fsp3) is 0.317. The second-order valence-electron chi connectivity index (χ2n) is 11.9. The molecule has 1 unspecified atom stereocenters. The third-order valence-corrected chi connectivity index (χ3v) is 8.68. The smallest absolute Gasteiger partial charge is 0.294 e. The van der Waals surface area contributed by atoms with Crippen LogP contribution < -0.4 is 23.8 Å². The molecular weight excluding hydrogens is 620 g/mol. The number of allylic oxidation sites excluding steroid dienone is 2. The highest BCUT2D eigenvalue weighted by molar-refractivity contribution is 5.87. The predicted octanol–water partition coefficient (Wildman–Crippen LogP) is 6.79. The van der Waals surface area contributed by atoms with E-state index in [1.54, 1.807) is 18.2 Å². The minimum atomic E-state index is -4.84. The van der Waals surface area contributed by atoms with Crippen molar-refractivity contribution in [3.8, 4) is 0 Å². The van der Waals surface area contributed by atoms with Crippen molar-refractivity contribution in [1.29, 1.82) is 0 Å². The lowest BCUT2D eigenvalue weighted by atomic mass is 9.84. The number of anilines is 2. The van der Waals surface area contributed by atoms with Crippen LogP contribution in [0.4, 0.5) is 11.4 Å². The topological polar surface area (TPSA) is 84.9 Å². The lowest BCUT2D eigenvalue weighted by molar-refractivity contribution is -1.92. The van der Waals surface area contributed by atoms with Gasteiger partial charge in [-0.15, -0.1) is 0 Å². The molecule has 0 aliphatic rings. The van der Waals surface area contributed by atoms with Crippen LogP contribution >= 0.6 is 0 Å². The van der Waals surface area contributed by atoms with E-state index in [0.717, 1.165) is 79.9 Å². The Balaban J connectivity index is 2.01. The van der Waals surface area contributed by atoms with E-state index in [9.17, 15) is 14.0 Å². The minimum absolute atomic E-state index is 0.528. The molecule has 0 saturated carbocycles. The standard InChI is InChI=1S/C41H49ClN2O4/c1-5-30-43(31-6-2)39-27-17-15-24-37(39)36(34-20-11-9-12-21-34)25-19-29-41(48-42(45,46)47,35-22-13-10-14-23-35)38-26-16-18-28-40(38)44(32-7-3)33-8-4/h9-29H,5-8,30-33H2,1-4H3/b29-19+,36-25+. The average Bonchev–Trinajstić information content (AvgIpc) is 3.10. The maximum atomic E-state index is 12.6. The summed E-state index contributed by atoms with van der Waals surface area (Å²) in [6.07, 6.45) is 9.38. The summed E-state index contributed by atoms with van der Waals surface area (Å²) in [6, 6.07) is 35.3. The Morgan fingerprint density at radius 2 is 1.10 bits per heavy atom. The summed E-state index contributed by atoms with van der Waals surface area (Å²) >= 11 is 0. The van der Waals surface area contributed by atoms with Gasteiger partial charge in [-0.2, -0.15) is 14.0 Å². The Kier molecular flexibility index (Phi) is 13.9. The molecular formula is C41H49ClN2O4. The summed E-state index contributed by atoms with van der Waals surface area (Å²) in [4.78, 5) is 4.65. The molecule has 254 valence electrons. The first kappa shape index (κ1) is 36.9. The Hall–Kier alpha value is -3.91. The fourth-order valence-corrected chi connectivity index (χ4v) is 6.87. The summed E-state index contributed by atoms with van der Waals surface area (Å²) in [5.74, 6) is 0. The molecule has 4 aromatic carbocycles. The van der Waals surface area contributed by atoms with Gasteiger partial charge in [0.1, 0.15) is 0 Å². The molecule has 0 aliphatic heterocycles. The number of hydrogen-bond donors (Lipinski definition) is 0. The molecule has 0 spiro atoms. The normalized spacial score (nSPS) is 13.4. The number of halogens is 1. The minimum Gasteiger partial charge on any atom is -0.371 e. The number of para-hydroxylation sites is 2. The van der Waals surface area contributed by atoms with Crippen LogP contribution in [-0.4, -0.2) is 26.2 Å². The van der Waals surface area contributed by atoms with Gasteiger partial charge in [0.05, 0.1) is 14.5 Å². The SMILES string of the molecule is CCCN(CCC)c1ccccc1/C(=C/C=C/C(O[Cl+3]([O-])([O-])[O-])(c1ccccc1)c1ccccc1N(CCC)CCC)c1ccccc1. The lowest BCUT2D eigenvalue weighted by Gasteiger charge is -2.33. The first-order chi connectivity index (χ1) is 23.3. The number of benzene rings is 4. The average molecular weight is 669 g/mol. The first-order valence-corrected chi connectivity index (χ1v) is 18.3. The molecule has 0 bridgehead atoms. The molecule has 48 heavy (non-hydrogen) atoms. The molecule has 4 rings (SSSR count). The van der Waals surface area contributed by atoms with Gasteiger partial charge < -0.3 is 9.80 Å². The van der Waals surface area contributed by atoms with Gasteiger partial charge in [0.15, 0.2) is 0 Å². The molecule has 4 aromatic rings. The Bertz CT molecular complexity index is 1590. The van der Waals surface area contributed by atoms with Crippen molar-refractivity contribution in [2.24, 2.45) is 0 Å². The molecule has 7 heteroatoms. The molecule has 0 amide bonds. The lowest BCUT2D eigenvalue weighted by Crippen LogP contribution is -2.64. The maximum Gasteiger partial charge on any atom is 0.294 e. The predicted molar refractivity (Wildman–Crippen MR) is 189 cm³/mol. The van der Waals surface area contributed by atoms with Gasteiger partial charge in [-0.3, -0.25) is 0 Å². The van der Waals surface area contributed by atoms with Crippen LogP contribution in [0.25, 0.3) is 5.57 Å². The largest absolute Gasteiger partial charge is 0.371 e. The monoisotopic (exact) mass is 668 g/mol. The quantitative estimate of drug-likeness (QED) is 0.109. The van der Waals surface area contributed by atoms with Gasteiger partial charge in [-0.1, -0.05) is 137 Å². The Labute approximate surface area is 289 Å². The van der Waals surface area contributed by atoms with Crippen LogP contribution in [0.3, 0.4) is 0 Å². The molecule has 0 N–H and O–H groups in total. The van der Waals surface area contributed by atoms with E-state index < -0.39 is 15.8 Å². The molecule has 0 saturated heterocycles. The van der Waals surface area contributed by atoms with Gasteiger partial charge in [0.2, 0.25) is 0 Å². The van der Waals surface area contributed by atoms with Crippen molar-refractivity contribution in [2.75, 3.05) is 36.0 Å². The van der Waals surface area contributed by atoms with Crippen molar-refractivity contribution >= 4 is 16.9 Å². The number of hydrogen-bond acceptors (Lipinski definition) is 6. The van der Waals surface area contributed by atoms with Crippen LogP contribution in [0.2, 0.25) is 0 Å². The molecule has 0 aliphatic carbocycles. The van der Waals surface area contributed by atoms with Gasteiger partial charge in [-0.25, -0.2) is 0 Å². The van der Waals surface area contributed by atoms with Crippen LogP contribution in [0.5, 0.6) is 0 Å². The summed E-state index contributed by atoms with van der Waals surface area (Å²) in [7, 11) is -4.84. The van der Waals surface area contributed by atoms with Crippen molar-refractivity contribution < 1.29 is 28.5 Å². The van der Waals surface area contributed by atoms with Crippen LogP contribution in [-0.2, 0) is 9.89 Å². The van der Waals surface area contributed by atoms with Gasteiger partial charge in [-0.05, 0) is 55.0 Å². The van der Waals surface area contributed by atoms with E-state index in [-0.39, 0.29) is 0 Å². The van der Waals surface area contributed by atoms with Crippen molar-refractivity contribution in [1.82, 2.24) is 0 Å². The van der Waals surface area contributed by atoms with Gasteiger partial charge in [0, 0.05) is 54.2 Å². The molecule has 0 aromatic heterocycles. The highest BCUT2D eigenvalue weighted by Crippen LogP contribution is 2.42. The summed E-state index contributed by atoms with van der Waals surface area (Å²) < 4.78 is 43.6. The zero-order chi connectivity index (χ0) is 34.4. The van der Waals surface area contributed by atoms with Gasteiger partial charge >= 0.3 is 0 Å². The molecule has 0 radical (unpaired) electrons. The van der Waals surface area contributed by atoms with E-state index >= 15 is 0 Å². The Morgan fingerprint density at radius 3 is 1.67 bits per heavy atom. The second-order valence-corrected chi connectivity index (χ2v) is 12.8. The van der Waals surface area contributed by atoms with E-state index in [0.29, 0.717) is 11.1 Å². The zero-order valence-corrected chi connectivity index (χ0v) is 29.4. The van der Waals surface area contributed by atoms with Gasteiger partial charge in [0.25, 0.3) is 5.60 Å². The van der Waals surface area contributed by atoms with Crippen LogP contribution in [0.15, 0.2) is 127 Å². The molecule has 0 heterocycles. The zero-order valence-electron chi connectivity index (χ0n) is 28.7. The fourth-order valence-electron chi connectivity index (χ4n) is 6.35. The van der Waals surface area contributed by atoms with Crippen LogP contribution in [0.1, 0.15) is 75.6 Å². The van der Waals surface area contributed by atoms with E-state index in [1.165, 1.54) is 0 Å².